The Kier molecular flexibility index (Phi) is 4.34. The lowest BCUT2D eigenvalue weighted by molar-refractivity contribution is 0.255. The number of fused-ring (bicyclic) bond motifs is 1. The molecule has 2 heterocycles. The van der Waals surface area contributed by atoms with Crippen LogP contribution in [0.3, 0.4) is 0 Å². The molecule has 2 aliphatic heterocycles. The molecule has 0 saturated carbocycles. The van der Waals surface area contributed by atoms with Gasteiger partial charge in [0.1, 0.15) is 5.75 Å². The van der Waals surface area contributed by atoms with Crippen LogP contribution in [0.15, 0.2) is 48.5 Å². The van der Waals surface area contributed by atoms with E-state index < -0.39 is 9.84 Å². The summed E-state index contributed by atoms with van der Waals surface area (Å²) in [5.74, 6) is 0.697. The summed E-state index contributed by atoms with van der Waals surface area (Å²) in [6.07, 6.45) is 0. The van der Waals surface area contributed by atoms with E-state index >= 15 is 0 Å². The number of anilines is 2. The third-order valence-corrected chi connectivity index (χ3v) is 6.77. The van der Waals surface area contributed by atoms with Gasteiger partial charge >= 0.3 is 6.03 Å². The van der Waals surface area contributed by atoms with Crippen molar-refractivity contribution in [1.29, 1.82) is 0 Å². The monoisotopic (exact) mass is 386 g/mol. The van der Waals surface area contributed by atoms with Crippen molar-refractivity contribution in [2.45, 2.75) is 25.9 Å². The predicted molar refractivity (Wildman–Crippen MR) is 105 cm³/mol. The molecule has 0 unspecified atom stereocenters. The molecule has 0 spiro atoms. The minimum absolute atomic E-state index is 0.00905. The van der Waals surface area contributed by atoms with Gasteiger partial charge in [0.15, 0.2) is 9.84 Å². The number of ether oxygens (including phenoxy) is 1. The van der Waals surface area contributed by atoms with Crippen molar-refractivity contribution in [1.82, 2.24) is 0 Å². The van der Waals surface area contributed by atoms with Crippen molar-refractivity contribution in [3.63, 3.8) is 0 Å². The van der Waals surface area contributed by atoms with E-state index in [2.05, 4.69) is 0 Å². The Morgan fingerprint density at radius 2 is 1.63 bits per heavy atom. The van der Waals surface area contributed by atoms with Gasteiger partial charge in [-0.2, -0.15) is 0 Å². The Hall–Kier alpha value is -2.54. The molecule has 2 saturated heterocycles. The molecule has 142 valence electrons. The summed E-state index contributed by atoms with van der Waals surface area (Å²) < 4.78 is 30.1. The number of hydrogen-bond donors (Lipinski definition) is 0. The van der Waals surface area contributed by atoms with E-state index in [0.717, 1.165) is 17.0 Å². The number of nitrogens with zero attached hydrogens (tertiary/aromatic N) is 2. The summed E-state index contributed by atoms with van der Waals surface area (Å²) in [4.78, 5) is 16.5. The van der Waals surface area contributed by atoms with E-state index in [1.807, 2.05) is 50.2 Å². The van der Waals surface area contributed by atoms with E-state index in [0.29, 0.717) is 12.3 Å². The molecule has 2 aliphatic rings. The van der Waals surface area contributed by atoms with Gasteiger partial charge in [-0.05, 0) is 55.8 Å². The van der Waals surface area contributed by atoms with Gasteiger partial charge in [0.05, 0.1) is 30.2 Å². The number of aryl methyl sites for hydroxylation is 1. The van der Waals surface area contributed by atoms with Crippen molar-refractivity contribution in [3.05, 3.63) is 54.1 Å². The Morgan fingerprint density at radius 1 is 1.00 bits per heavy atom. The highest BCUT2D eigenvalue weighted by molar-refractivity contribution is 7.91. The molecule has 2 amide bonds. The minimum Gasteiger partial charge on any atom is -0.494 e. The fourth-order valence-electron chi connectivity index (χ4n) is 3.95. The summed E-state index contributed by atoms with van der Waals surface area (Å²) in [6.45, 7) is 4.43. The Morgan fingerprint density at radius 3 is 2.22 bits per heavy atom. The average Bonchev–Trinajstić information content (AvgIpc) is 3.04. The van der Waals surface area contributed by atoms with Crippen molar-refractivity contribution < 1.29 is 17.9 Å². The maximum Gasteiger partial charge on any atom is 0.329 e. The van der Waals surface area contributed by atoms with E-state index in [1.165, 1.54) is 0 Å². The molecule has 0 N–H and O–H groups in total. The molecule has 2 atom stereocenters. The van der Waals surface area contributed by atoms with E-state index in [4.69, 9.17) is 4.74 Å². The quantitative estimate of drug-likeness (QED) is 0.758. The molecule has 27 heavy (non-hydrogen) atoms. The highest BCUT2D eigenvalue weighted by atomic mass is 32.2. The van der Waals surface area contributed by atoms with Crippen LogP contribution < -0.4 is 14.5 Å². The van der Waals surface area contributed by atoms with E-state index in [-0.39, 0.29) is 29.6 Å². The summed E-state index contributed by atoms with van der Waals surface area (Å²) in [5.41, 5.74) is 2.45. The van der Waals surface area contributed by atoms with Gasteiger partial charge in [-0.1, -0.05) is 12.1 Å². The summed E-state index contributed by atoms with van der Waals surface area (Å²) in [6, 6.07) is 13.9. The highest BCUT2D eigenvalue weighted by Gasteiger charge is 2.54. The van der Waals surface area contributed by atoms with Crippen LogP contribution in [0.1, 0.15) is 12.5 Å². The maximum absolute atomic E-state index is 13.3. The largest absolute Gasteiger partial charge is 0.494 e. The van der Waals surface area contributed by atoms with Gasteiger partial charge in [0.25, 0.3) is 0 Å². The molecule has 6 nitrogen and oxygen atoms in total. The zero-order valence-electron chi connectivity index (χ0n) is 15.3. The van der Waals surface area contributed by atoms with Gasteiger partial charge in [-0.3, -0.25) is 9.80 Å². The van der Waals surface area contributed by atoms with Crippen LogP contribution in [0.25, 0.3) is 0 Å². The lowest BCUT2D eigenvalue weighted by Crippen LogP contribution is -2.37. The number of benzene rings is 2. The topological polar surface area (TPSA) is 66.9 Å². The second-order valence-corrected chi connectivity index (χ2v) is 9.15. The maximum atomic E-state index is 13.3. The molecule has 0 radical (unpaired) electrons. The van der Waals surface area contributed by atoms with E-state index in [1.54, 1.807) is 21.9 Å². The first-order valence-corrected chi connectivity index (χ1v) is 10.8. The molecule has 7 heteroatoms. The van der Waals surface area contributed by atoms with Gasteiger partial charge in [-0.25, -0.2) is 13.2 Å². The lowest BCUT2D eigenvalue weighted by Gasteiger charge is -2.23. The first-order valence-electron chi connectivity index (χ1n) is 9.02. The van der Waals surface area contributed by atoms with Gasteiger partial charge in [0, 0.05) is 11.4 Å². The van der Waals surface area contributed by atoms with Crippen LogP contribution in [0, 0.1) is 6.92 Å². The Labute approximate surface area is 159 Å². The number of carbonyl (C=O) groups is 1. The van der Waals surface area contributed by atoms with Gasteiger partial charge in [-0.15, -0.1) is 0 Å². The van der Waals surface area contributed by atoms with Crippen LogP contribution in [0.2, 0.25) is 0 Å². The van der Waals surface area contributed by atoms with Gasteiger partial charge < -0.3 is 4.74 Å². The third kappa shape index (κ3) is 3.16. The number of hydrogen-bond acceptors (Lipinski definition) is 4. The molecule has 0 aromatic heterocycles. The molecule has 0 bridgehead atoms. The predicted octanol–water partition coefficient (Wildman–Crippen LogP) is 3.01. The van der Waals surface area contributed by atoms with Crippen molar-refractivity contribution in [3.8, 4) is 5.75 Å². The minimum atomic E-state index is -3.20. The molecular weight excluding hydrogens is 364 g/mol. The number of amides is 2. The number of carbonyl (C=O) groups excluding carboxylic acids is 1. The second-order valence-electron chi connectivity index (χ2n) is 7.00. The zero-order valence-corrected chi connectivity index (χ0v) is 16.1. The fraction of sp³-hybridized carbons (Fsp3) is 0.350. The summed E-state index contributed by atoms with van der Waals surface area (Å²) in [5, 5.41) is 0. The molecule has 2 aromatic rings. The van der Waals surface area contributed by atoms with Gasteiger partial charge in [0.2, 0.25) is 0 Å². The Balaban J connectivity index is 1.74. The van der Waals surface area contributed by atoms with Crippen molar-refractivity contribution in [2.75, 3.05) is 27.9 Å². The van der Waals surface area contributed by atoms with Crippen molar-refractivity contribution in [2.24, 2.45) is 0 Å². The smallest absolute Gasteiger partial charge is 0.329 e. The van der Waals surface area contributed by atoms with Crippen LogP contribution >= 0.6 is 0 Å². The standard InChI is InChI=1S/C20H22N2O4S/c1-3-26-17-9-7-15(8-10-17)21-18-12-27(24,25)13-19(18)22(20(21)23)16-6-4-5-14(2)11-16/h4-11,18-19H,3,12-13H2,1-2H3/t18-,19+/m0/s1. The number of urea groups is 1. The fourth-order valence-corrected chi connectivity index (χ4v) is 5.87. The third-order valence-electron chi connectivity index (χ3n) is 5.07. The van der Waals surface area contributed by atoms with Crippen LogP contribution in [0.4, 0.5) is 16.2 Å². The molecule has 2 fully saturated rings. The van der Waals surface area contributed by atoms with Crippen molar-refractivity contribution >= 4 is 27.2 Å². The van der Waals surface area contributed by atoms with Crippen LogP contribution in [0.5, 0.6) is 5.75 Å². The summed E-state index contributed by atoms with van der Waals surface area (Å²) in [7, 11) is -3.20. The molecule has 4 rings (SSSR count). The lowest BCUT2D eigenvalue weighted by atomic mass is 10.1. The van der Waals surface area contributed by atoms with Crippen LogP contribution in [-0.2, 0) is 9.84 Å². The Bertz CT molecular complexity index is 972. The number of rotatable bonds is 4. The molecule has 2 aromatic carbocycles. The molecule has 0 aliphatic carbocycles. The first-order chi connectivity index (χ1) is 12.9. The average molecular weight is 386 g/mol. The first kappa shape index (κ1) is 17.9. The zero-order chi connectivity index (χ0) is 19.2. The van der Waals surface area contributed by atoms with Crippen LogP contribution in [-0.4, -0.2) is 44.6 Å². The SMILES string of the molecule is CCOc1ccc(N2C(=O)N(c3cccc(C)c3)[C@@H]3CS(=O)(=O)C[C@@H]32)cc1. The normalized spacial score (nSPS) is 23.6. The molecular formula is C20H22N2O4S. The van der Waals surface area contributed by atoms with E-state index in [9.17, 15) is 13.2 Å². The second kappa shape index (κ2) is 6.56. The highest BCUT2D eigenvalue weighted by Crippen LogP contribution is 2.38. The number of sulfone groups is 1. The summed E-state index contributed by atoms with van der Waals surface area (Å²) >= 11 is 0.